The summed E-state index contributed by atoms with van der Waals surface area (Å²) in [6.45, 7) is 0.518. The fraction of sp³-hybridized carbons (Fsp3) is 0.200. The van der Waals surface area contributed by atoms with E-state index >= 15 is 0 Å². The third-order valence-corrected chi connectivity index (χ3v) is 3.69. The number of imidazole rings is 1. The number of aliphatic hydroxyl groups excluding tert-OH is 1. The molecule has 3 rings (SSSR count). The predicted molar refractivity (Wildman–Crippen MR) is 83.2 cm³/mol. The molecular formula is C15H15ClN4O. The second-order valence-corrected chi connectivity index (χ2v) is 5.20. The van der Waals surface area contributed by atoms with Crippen LogP contribution in [-0.4, -0.2) is 19.6 Å². The van der Waals surface area contributed by atoms with E-state index in [2.05, 4.69) is 15.3 Å². The number of benzene rings is 1. The van der Waals surface area contributed by atoms with E-state index in [0.29, 0.717) is 11.6 Å². The summed E-state index contributed by atoms with van der Waals surface area (Å²) in [7, 11) is 1.97. The Bertz CT molecular complexity index is 784. The Balaban J connectivity index is 1.87. The molecule has 21 heavy (non-hydrogen) atoms. The Kier molecular flexibility index (Phi) is 3.77. The van der Waals surface area contributed by atoms with Gasteiger partial charge >= 0.3 is 0 Å². The minimum Gasteiger partial charge on any atom is -0.392 e. The van der Waals surface area contributed by atoms with E-state index in [4.69, 9.17) is 11.6 Å². The molecule has 0 saturated heterocycles. The minimum atomic E-state index is -0.0248. The monoisotopic (exact) mass is 302 g/mol. The molecule has 3 aromatic rings. The number of halogens is 1. The summed E-state index contributed by atoms with van der Waals surface area (Å²) >= 11 is 5.99. The van der Waals surface area contributed by atoms with E-state index in [-0.39, 0.29) is 6.61 Å². The molecule has 0 aliphatic carbocycles. The van der Waals surface area contributed by atoms with Crippen molar-refractivity contribution in [3.63, 3.8) is 0 Å². The molecule has 2 heterocycles. The molecule has 0 bridgehead atoms. The number of hydrogen-bond donors (Lipinski definition) is 2. The smallest absolute Gasteiger partial charge is 0.128 e. The van der Waals surface area contributed by atoms with Gasteiger partial charge in [0, 0.05) is 23.8 Å². The summed E-state index contributed by atoms with van der Waals surface area (Å²) in [5.74, 6) is 0.889. The lowest BCUT2D eigenvalue weighted by Crippen LogP contribution is -2.07. The van der Waals surface area contributed by atoms with Crippen molar-refractivity contribution in [2.75, 3.05) is 5.32 Å². The van der Waals surface area contributed by atoms with Gasteiger partial charge in [-0.2, -0.15) is 0 Å². The quantitative estimate of drug-likeness (QED) is 0.778. The van der Waals surface area contributed by atoms with E-state index in [9.17, 15) is 5.11 Å². The van der Waals surface area contributed by atoms with Gasteiger partial charge < -0.3 is 15.0 Å². The Labute approximate surface area is 127 Å². The molecule has 2 N–H and O–H groups in total. The summed E-state index contributed by atoms with van der Waals surface area (Å²) in [5.41, 5.74) is 3.53. The topological polar surface area (TPSA) is 63.0 Å². The Morgan fingerprint density at radius 1 is 1.33 bits per heavy atom. The summed E-state index contributed by atoms with van der Waals surface area (Å²) in [4.78, 5) is 8.64. The number of hydrogen-bond acceptors (Lipinski definition) is 4. The zero-order chi connectivity index (χ0) is 14.8. The molecular weight excluding hydrogens is 288 g/mol. The predicted octanol–water partition coefficient (Wildman–Crippen LogP) is 2.73. The number of aliphatic hydroxyl groups is 1. The van der Waals surface area contributed by atoms with E-state index in [1.807, 2.05) is 29.8 Å². The molecule has 0 unspecified atom stereocenters. The second-order valence-electron chi connectivity index (χ2n) is 4.76. The number of anilines is 1. The highest BCUT2D eigenvalue weighted by Crippen LogP contribution is 2.20. The van der Waals surface area contributed by atoms with Gasteiger partial charge in [-0.25, -0.2) is 4.98 Å². The van der Waals surface area contributed by atoms with Crippen LogP contribution in [0.3, 0.4) is 0 Å². The van der Waals surface area contributed by atoms with Crippen LogP contribution >= 0.6 is 11.6 Å². The summed E-state index contributed by atoms with van der Waals surface area (Å²) in [5, 5.41) is 13.2. The lowest BCUT2D eigenvalue weighted by Gasteiger charge is -2.09. The maximum atomic E-state index is 9.31. The average Bonchev–Trinajstić information content (AvgIpc) is 2.81. The fourth-order valence-corrected chi connectivity index (χ4v) is 2.44. The van der Waals surface area contributed by atoms with Gasteiger partial charge in [-0.1, -0.05) is 11.6 Å². The van der Waals surface area contributed by atoms with E-state index in [1.165, 1.54) is 0 Å². The first-order valence-electron chi connectivity index (χ1n) is 6.57. The van der Waals surface area contributed by atoms with Crippen molar-refractivity contribution in [2.24, 2.45) is 7.05 Å². The van der Waals surface area contributed by atoms with Crippen molar-refractivity contribution < 1.29 is 5.11 Å². The van der Waals surface area contributed by atoms with E-state index < -0.39 is 0 Å². The van der Waals surface area contributed by atoms with Crippen molar-refractivity contribution >= 4 is 28.3 Å². The van der Waals surface area contributed by atoms with E-state index in [0.717, 1.165) is 28.1 Å². The van der Waals surface area contributed by atoms with Gasteiger partial charge in [-0.05, 0) is 24.3 Å². The molecule has 2 aromatic heterocycles. The number of nitrogens with one attached hydrogen (secondary N) is 1. The van der Waals surface area contributed by atoms with E-state index in [1.54, 1.807) is 18.5 Å². The first-order chi connectivity index (χ1) is 10.2. The number of rotatable bonds is 4. The van der Waals surface area contributed by atoms with Crippen LogP contribution in [0, 0.1) is 0 Å². The molecule has 0 saturated carbocycles. The van der Waals surface area contributed by atoms with Crippen LogP contribution in [0.25, 0.3) is 11.0 Å². The van der Waals surface area contributed by atoms with Crippen LogP contribution in [-0.2, 0) is 20.2 Å². The molecule has 0 spiro atoms. The van der Waals surface area contributed by atoms with Crippen molar-refractivity contribution in [2.45, 2.75) is 13.2 Å². The molecule has 6 heteroatoms. The zero-order valence-corrected chi connectivity index (χ0v) is 12.3. The third-order valence-electron chi connectivity index (χ3n) is 3.45. The third kappa shape index (κ3) is 2.70. The average molecular weight is 303 g/mol. The minimum absolute atomic E-state index is 0.0248. The maximum absolute atomic E-state index is 9.31. The lowest BCUT2D eigenvalue weighted by atomic mass is 10.2. The van der Waals surface area contributed by atoms with Crippen LogP contribution in [0.1, 0.15) is 11.4 Å². The first-order valence-corrected chi connectivity index (χ1v) is 6.95. The van der Waals surface area contributed by atoms with Crippen LogP contribution in [0.5, 0.6) is 0 Å². The van der Waals surface area contributed by atoms with Crippen molar-refractivity contribution in [1.82, 2.24) is 14.5 Å². The van der Waals surface area contributed by atoms with Crippen molar-refractivity contribution in [1.29, 1.82) is 0 Å². The van der Waals surface area contributed by atoms with Gasteiger partial charge in [0.2, 0.25) is 0 Å². The van der Waals surface area contributed by atoms with Gasteiger partial charge in [0.1, 0.15) is 5.82 Å². The number of nitrogens with zero attached hydrogens (tertiary/aromatic N) is 3. The Morgan fingerprint density at radius 3 is 3.00 bits per heavy atom. The molecule has 0 aliphatic rings. The van der Waals surface area contributed by atoms with Gasteiger partial charge in [-0.15, -0.1) is 0 Å². The molecule has 1 aromatic carbocycles. The molecule has 0 amide bonds. The highest BCUT2D eigenvalue weighted by atomic mass is 35.5. The number of aryl methyl sites for hydroxylation is 1. The Hall–Kier alpha value is -2.11. The molecule has 0 radical (unpaired) electrons. The standard InChI is InChI=1S/C15H15ClN4O/c1-20-14-3-2-11(16)6-12(14)19-15(20)8-18-13-7-17-5-4-10(13)9-21/h2-7,18,21H,8-9H2,1H3. The van der Waals surface area contributed by atoms with Crippen molar-refractivity contribution in [3.8, 4) is 0 Å². The highest BCUT2D eigenvalue weighted by molar-refractivity contribution is 6.31. The molecule has 5 nitrogen and oxygen atoms in total. The number of fused-ring (bicyclic) bond motifs is 1. The highest BCUT2D eigenvalue weighted by Gasteiger charge is 2.09. The molecule has 0 aliphatic heterocycles. The van der Waals surface area contributed by atoms with Crippen LogP contribution in [0.4, 0.5) is 5.69 Å². The molecule has 0 atom stereocenters. The summed E-state index contributed by atoms with van der Waals surface area (Å²) in [6, 6.07) is 7.45. The second kappa shape index (κ2) is 5.71. The maximum Gasteiger partial charge on any atom is 0.128 e. The zero-order valence-electron chi connectivity index (χ0n) is 11.5. The van der Waals surface area contributed by atoms with Crippen LogP contribution in [0.15, 0.2) is 36.7 Å². The van der Waals surface area contributed by atoms with Gasteiger partial charge in [0.05, 0.1) is 36.1 Å². The molecule has 0 fully saturated rings. The van der Waals surface area contributed by atoms with Gasteiger partial charge in [0.15, 0.2) is 0 Å². The number of aromatic nitrogens is 3. The normalized spacial score (nSPS) is 11.0. The summed E-state index contributed by atoms with van der Waals surface area (Å²) < 4.78 is 2.02. The lowest BCUT2D eigenvalue weighted by molar-refractivity contribution is 0.282. The first kappa shape index (κ1) is 13.9. The van der Waals surface area contributed by atoms with Crippen molar-refractivity contribution in [3.05, 3.63) is 53.1 Å². The van der Waals surface area contributed by atoms with Crippen LogP contribution < -0.4 is 5.32 Å². The number of pyridine rings is 1. The largest absolute Gasteiger partial charge is 0.392 e. The summed E-state index contributed by atoms with van der Waals surface area (Å²) in [6.07, 6.45) is 3.36. The van der Waals surface area contributed by atoms with Gasteiger partial charge in [-0.3, -0.25) is 4.98 Å². The molecule has 108 valence electrons. The van der Waals surface area contributed by atoms with Crippen LogP contribution in [0.2, 0.25) is 5.02 Å². The van der Waals surface area contributed by atoms with Gasteiger partial charge in [0.25, 0.3) is 0 Å². The Morgan fingerprint density at radius 2 is 2.19 bits per heavy atom. The fourth-order valence-electron chi connectivity index (χ4n) is 2.28. The SMILES string of the molecule is Cn1c(CNc2cnccc2CO)nc2cc(Cl)ccc21.